The van der Waals surface area contributed by atoms with Gasteiger partial charge >= 0.3 is 6.03 Å². The molecule has 0 aliphatic carbocycles. The van der Waals surface area contributed by atoms with Crippen LogP contribution in [0.2, 0.25) is 0 Å². The molecule has 2 aromatic rings. The first kappa shape index (κ1) is 17.9. The highest BCUT2D eigenvalue weighted by molar-refractivity contribution is 5.76. The molecule has 0 saturated carbocycles. The Kier molecular flexibility index (Phi) is 5.79. The quantitative estimate of drug-likeness (QED) is 0.917. The van der Waals surface area contributed by atoms with E-state index in [1.165, 1.54) is 5.56 Å². The molecule has 2 amide bonds. The molecule has 1 aliphatic heterocycles. The predicted octanol–water partition coefficient (Wildman–Crippen LogP) is 3.51. The van der Waals surface area contributed by atoms with Crippen LogP contribution in [0.3, 0.4) is 0 Å². The zero-order chi connectivity index (χ0) is 18.4. The number of ether oxygens (including phenoxy) is 1. The molecule has 0 bridgehead atoms. The fraction of sp³-hybridized carbons (Fsp3) is 0.286. The fourth-order valence-electron chi connectivity index (χ4n) is 3.12. The van der Waals surface area contributed by atoms with Crippen LogP contribution in [0.15, 0.2) is 54.7 Å². The van der Waals surface area contributed by atoms with Gasteiger partial charge in [-0.25, -0.2) is 4.79 Å². The van der Waals surface area contributed by atoms with Gasteiger partial charge in [-0.05, 0) is 30.7 Å². The van der Waals surface area contributed by atoms with Crippen LogP contribution in [0.1, 0.15) is 11.1 Å². The second-order valence-corrected chi connectivity index (χ2v) is 6.34. The zero-order valence-electron chi connectivity index (χ0n) is 15.3. The molecule has 3 rings (SSSR count). The lowest BCUT2D eigenvalue weighted by atomic mass is 10.1. The van der Waals surface area contributed by atoms with Gasteiger partial charge < -0.3 is 19.9 Å². The molecule has 0 spiro atoms. The second-order valence-electron chi connectivity index (χ2n) is 6.34. The third-order valence-corrected chi connectivity index (χ3v) is 4.52. The molecule has 1 heterocycles. The lowest BCUT2D eigenvalue weighted by Crippen LogP contribution is -2.51. The van der Waals surface area contributed by atoms with Crippen LogP contribution < -0.4 is 15.0 Å². The summed E-state index contributed by atoms with van der Waals surface area (Å²) in [4.78, 5) is 16.4. The highest BCUT2D eigenvalue weighted by atomic mass is 16.5. The summed E-state index contributed by atoms with van der Waals surface area (Å²) >= 11 is 0. The first-order valence-corrected chi connectivity index (χ1v) is 8.84. The van der Waals surface area contributed by atoms with Crippen molar-refractivity contribution in [3.63, 3.8) is 0 Å². The SMILES string of the molecule is COc1ccccc1N1CCN(C(=O)N/C=C/c2cccc(C)c2)CC1. The van der Waals surface area contributed by atoms with Gasteiger partial charge in [0.25, 0.3) is 0 Å². The maximum atomic E-state index is 12.3. The van der Waals surface area contributed by atoms with Gasteiger partial charge in [-0.2, -0.15) is 0 Å². The Morgan fingerprint density at radius 2 is 1.85 bits per heavy atom. The van der Waals surface area contributed by atoms with Crippen molar-refractivity contribution in [3.8, 4) is 5.75 Å². The summed E-state index contributed by atoms with van der Waals surface area (Å²) in [5.74, 6) is 0.867. The fourth-order valence-corrected chi connectivity index (χ4v) is 3.12. The summed E-state index contributed by atoms with van der Waals surface area (Å²) < 4.78 is 5.43. The maximum absolute atomic E-state index is 12.3. The van der Waals surface area contributed by atoms with E-state index < -0.39 is 0 Å². The van der Waals surface area contributed by atoms with Crippen LogP contribution in [0.5, 0.6) is 5.75 Å². The number of amides is 2. The van der Waals surface area contributed by atoms with Gasteiger partial charge in [0.15, 0.2) is 0 Å². The Labute approximate surface area is 154 Å². The Bertz CT molecular complexity index is 780. The molecule has 0 aromatic heterocycles. The number of hydrogen-bond donors (Lipinski definition) is 1. The second kappa shape index (κ2) is 8.43. The number of aryl methyl sites for hydroxylation is 1. The summed E-state index contributed by atoms with van der Waals surface area (Å²) in [7, 11) is 1.68. The minimum atomic E-state index is -0.0615. The van der Waals surface area contributed by atoms with E-state index in [0.29, 0.717) is 13.1 Å². The Morgan fingerprint density at radius 3 is 2.58 bits per heavy atom. The molecule has 0 radical (unpaired) electrons. The topological polar surface area (TPSA) is 44.8 Å². The molecule has 0 atom stereocenters. The molecule has 5 heteroatoms. The van der Waals surface area contributed by atoms with Gasteiger partial charge in [-0.3, -0.25) is 0 Å². The molecule has 136 valence electrons. The molecule has 1 N–H and O–H groups in total. The van der Waals surface area contributed by atoms with E-state index in [0.717, 1.165) is 30.1 Å². The van der Waals surface area contributed by atoms with Gasteiger partial charge in [0, 0.05) is 32.4 Å². The predicted molar refractivity (Wildman–Crippen MR) is 106 cm³/mol. The van der Waals surface area contributed by atoms with Gasteiger partial charge in [0.1, 0.15) is 5.75 Å². The smallest absolute Gasteiger partial charge is 0.321 e. The van der Waals surface area contributed by atoms with Crippen molar-refractivity contribution in [2.24, 2.45) is 0 Å². The number of anilines is 1. The molecule has 5 nitrogen and oxygen atoms in total. The number of hydrogen-bond acceptors (Lipinski definition) is 3. The van der Waals surface area contributed by atoms with Gasteiger partial charge in [0.05, 0.1) is 12.8 Å². The molecule has 1 saturated heterocycles. The molecule has 1 fully saturated rings. The molecule has 1 aliphatic rings. The van der Waals surface area contributed by atoms with Crippen LogP contribution in [0.4, 0.5) is 10.5 Å². The van der Waals surface area contributed by atoms with E-state index in [2.05, 4.69) is 35.3 Å². The number of carbonyl (C=O) groups is 1. The van der Waals surface area contributed by atoms with Crippen LogP contribution in [0, 0.1) is 6.92 Å². The van der Waals surface area contributed by atoms with Crippen molar-refractivity contribution in [2.45, 2.75) is 6.92 Å². The van der Waals surface area contributed by atoms with Crippen molar-refractivity contribution >= 4 is 17.8 Å². The third-order valence-electron chi connectivity index (χ3n) is 4.52. The number of rotatable bonds is 4. The van der Waals surface area contributed by atoms with E-state index in [4.69, 9.17) is 4.74 Å². The number of nitrogens with zero attached hydrogens (tertiary/aromatic N) is 2. The summed E-state index contributed by atoms with van der Waals surface area (Å²) in [6, 6.07) is 16.1. The van der Waals surface area contributed by atoms with E-state index in [-0.39, 0.29) is 6.03 Å². The van der Waals surface area contributed by atoms with Crippen molar-refractivity contribution in [2.75, 3.05) is 38.2 Å². The third kappa shape index (κ3) is 4.36. The summed E-state index contributed by atoms with van der Waals surface area (Å²) in [6.07, 6.45) is 3.62. The number of nitrogens with one attached hydrogen (secondary N) is 1. The normalized spacial score (nSPS) is 14.5. The van der Waals surface area contributed by atoms with Crippen LogP contribution in [0.25, 0.3) is 6.08 Å². The monoisotopic (exact) mass is 351 g/mol. The van der Waals surface area contributed by atoms with E-state index in [1.807, 2.05) is 41.3 Å². The summed E-state index contributed by atoms with van der Waals surface area (Å²) in [5.41, 5.74) is 3.35. The maximum Gasteiger partial charge on any atom is 0.321 e. The summed E-state index contributed by atoms with van der Waals surface area (Å²) in [6.45, 7) is 4.99. The molecule has 2 aromatic carbocycles. The average Bonchev–Trinajstić information content (AvgIpc) is 2.68. The molecular formula is C21H25N3O2. The number of benzene rings is 2. The molecule has 26 heavy (non-hydrogen) atoms. The zero-order valence-corrected chi connectivity index (χ0v) is 15.3. The Balaban J connectivity index is 1.52. The minimum absolute atomic E-state index is 0.0615. The first-order chi connectivity index (χ1) is 12.7. The highest BCUT2D eigenvalue weighted by Crippen LogP contribution is 2.28. The first-order valence-electron chi connectivity index (χ1n) is 8.84. The van der Waals surface area contributed by atoms with Crippen molar-refractivity contribution in [1.29, 1.82) is 0 Å². The van der Waals surface area contributed by atoms with Crippen molar-refractivity contribution < 1.29 is 9.53 Å². The van der Waals surface area contributed by atoms with Crippen molar-refractivity contribution in [3.05, 3.63) is 65.9 Å². The lowest BCUT2D eigenvalue weighted by molar-refractivity contribution is 0.198. The average molecular weight is 351 g/mol. The van der Waals surface area contributed by atoms with E-state index in [1.54, 1.807) is 13.3 Å². The van der Waals surface area contributed by atoms with Gasteiger partial charge in [-0.1, -0.05) is 42.0 Å². The van der Waals surface area contributed by atoms with Gasteiger partial charge in [-0.15, -0.1) is 0 Å². The van der Waals surface area contributed by atoms with Crippen LogP contribution in [-0.2, 0) is 0 Å². The van der Waals surface area contributed by atoms with Crippen LogP contribution in [-0.4, -0.2) is 44.2 Å². The van der Waals surface area contributed by atoms with E-state index >= 15 is 0 Å². The number of para-hydroxylation sites is 2. The highest BCUT2D eigenvalue weighted by Gasteiger charge is 2.22. The van der Waals surface area contributed by atoms with Gasteiger partial charge in [0.2, 0.25) is 0 Å². The Morgan fingerprint density at radius 1 is 1.08 bits per heavy atom. The largest absolute Gasteiger partial charge is 0.495 e. The number of piperazine rings is 1. The lowest BCUT2D eigenvalue weighted by Gasteiger charge is -2.36. The standard InChI is InChI=1S/C21H25N3O2/c1-17-6-5-7-18(16-17)10-11-22-21(25)24-14-12-23(13-15-24)19-8-3-4-9-20(19)26-2/h3-11,16H,12-15H2,1-2H3,(H,22,25)/b11-10+. The number of carbonyl (C=O) groups excluding carboxylic acids is 1. The van der Waals surface area contributed by atoms with Crippen molar-refractivity contribution in [1.82, 2.24) is 10.2 Å². The summed E-state index contributed by atoms with van der Waals surface area (Å²) in [5, 5.41) is 2.86. The molecule has 0 unspecified atom stereocenters. The Hall–Kier alpha value is -2.95. The molecular weight excluding hydrogens is 326 g/mol. The number of urea groups is 1. The van der Waals surface area contributed by atoms with Crippen LogP contribution >= 0.6 is 0 Å². The minimum Gasteiger partial charge on any atom is -0.495 e. The van der Waals surface area contributed by atoms with E-state index in [9.17, 15) is 4.79 Å². The number of methoxy groups -OCH3 is 1.